The number of H-pyrrole nitrogens is 1. The molecule has 0 atom stereocenters. The van der Waals surface area contributed by atoms with E-state index in [1.54, 1.807) is 32.3 Å². The molecular formula is C12H14BrN3O3. The first-order valence-electron chi connectivity index (χ1n) is 5.28. The zero-order valence-corrected chi connectivity index (χ0v) is 12.1. The molecule has 7 heteroatoms. The lowest BCUT2D eigenvalue weighted by Gasteiger charge is -1.96. The van der Waals surface area contributed by atoms with Crippen LogP contribution in [-0.2, 0) is 4.79 Å². The number of hydrogen-bond donors (Lipinski definition) is 3. The summed E-state index contributed by atoms with van der Waals surface area (Å²) in [5, 5.41) is 9.55. The Bertz CT molecular complexity index is 608. The van der Waals surface area contributed by atoms with Gasteiger partial charge in [-0.05, 0) is 34.1 Å². The lowest BCUT2D eigenvalue weighted by molar-refractivity contribution is -0.115. The number of aromatic carboxylic acids is 1. The number of rotatable bonds is 2. The topological polar surface area (TPSA) is 99.4 Å². The molecule has 0 spiro atoms. The SMILES string of the molecule is CN(C)C=O.Nc1cc(Br)c2[nH]c(C(=O)O)cc2c1. The lowest BCUT2D eigenvalue weighted by Crippen LogP contribution is -2.06. The highest BCUT2D eigenvalue weighted by atomic mass is 79.9. The maximum absolute atomic E-state index is 10.7. The van der Waals surface area contributed by atoms with Crippen molar-refractivity contribution in [2.24, 2.45) is 0 Å². The van der Waals surface area contributed by atoms with E-state index in [9.17, 15) is 9.59 Å². The molecule has 1 amide bonds. The maximum Gasteiger partial charge on any atom is 0.352 e. The minimum Gasteiger partial charge on any atom is -0.477 e. The summed E-state index contributed by atoms with van der Waals surface area (Å²) in [5.74, 6) is -0.980. The number of nitrogen functional groups attached to an aromatic ring is 1. The number of nitrogens with zero attached hydrogens (tertiary/aromatic N) is 1. The lowest BCUT2D eigenvalue weighted by atomic mass is 10.2. The van der Waals surface area contributed by atoms with Gasteiger partial charge in [0.2, 0.25) is 6.41 Å². The Morgan fingerprint density at radius 1 is 1.42 bits per heavy atom. The van der Waals surface area contributed by atoms with Gasteiger partial charge in [0, 0.05) is 29.6 Å². The van der Waals surface area contributed by atoms with Gasteiger partial charge in [0.1, 0.15) is 5.69 Å². The van der Waals surface area contributed by atoms with Crippen LogP contribution in [0.4, 0.5) is 5.69 Å². The molecule has 102 valence electrons. The molecule has 0 saturated heterocycles. The van der Waals surface area contributed by atoms with Crippen molar-refractivity contribution in [3.05, 3.63) is 28.4 Å². The highest BCUT2D eigenvalue weighted by Crippen LogP contribution is 2.27. The van der Waals surface area contributed by atoms with E-state index in [1.165, 1.54) is 4.90 Å². The van der Waals surface area contributed by atoms with Gasteiger partial charge in [0.15, 0.2) is 0 Å². The normalized spacial score (nSPS) is 9.63. The molecule has 1 aromatic heterocycles. The van der Waals surface area contributed by atoms with Gasteiger partial charge in [-0.15, -0.1) is 0 Å². The Morgan fingerprint density at radius 2 is 2.00 bits per heavy atom. The number of nitrogens with two attached hydrogens (primary N) is 1. The summed E-state index contributed by atoms with van der Waals surface area (Å²) in [7, 11) is 3.38. The van der Waals surface area contributed by atoms with Gasteiger partial charge in [-0.3, -0.25) is 4.79 Å². The second kappa shape index (κ2) is 6.24. The Morgan fingerprint density at radius 3 is 2.47 bits per heavy atom. The van der Waals surface area contributed by atoms with Crippen LogP contribution in [0, 0.1) is 0 Å². The van der Waals surface area contributed by atoms with E-state index in [0.29, 0.717) is 5.69 Å². The molecule has 0 aliphatic heterocycles. The molecule has 2 rings (SSSR count). The number of aromatic amines is 1. The van der Waals surface area contributed by atoms with Crippen LogP contribution in [0.1, 0.15) is 10.5 Å². The van der Waals surface area contributed by atoms with Crippen LogP contribution in [-0.4, -0.2) is 41.5 Å². The number of anilines is 1. The van der Waals surface area contributed by atoms with Crippen molar-refractivity contribution in [1.29, 1.82) is 0 Å². The summed E-state index contributed by atoms with van der Waals surface area (Å²) in [6, 6.07) is 5.01. The van der Waals surface area contributed by atoms with Crippen molar-refractivity contribution >= 4 is 44.9 Å². The number of carboxylic acid groups (broad SMARTS) is 1. The zero-order chi connectivity index (χ0) is 14.6. The summed E-state index contributed by atoms with van der Waals surface area (Å²) < 4.78 is 0.764. The predicted molar refractivity (Wildman–Crippen MR) is 77.1 cm³/mol. The third-order valence-electron chi connectivity index (χ3n) is 2.14. The Labute approximate surface area is 118 Å². The highest BCUT2D eigenvalue weighted by molar-refractivity contribution is 9.10. The number of carboxylic acids is 1. The summed E-state index contributed by atoms with van der Waals surface area (Å²) in [5.41, 5.74) is 7.12. The highest BCUT2D eigenvalue weighted by Gasteiger charge is 2.09. The van der Waals surface area contributed by atoms with Crippen LogP contribution in [0.3, 0.4) is 0 Å². The van der Waals surface area contributed by atoms with Gasteiger partial charge in [-0.25, -0.2) is 4.79 Å². The van der Waals surface area contributed by atoms with Crippen LogP contribution < -0.4 is 5.73 Å². The number of hydrogen-bond acceptors (Lipinski definition) is 3. The molecule has 0 saturated carbocycles. The molecule has 1 aromatic carbocycles. The van der Waals surface area contributed by atoms with Gasteiger partial charge in [-0.1, -0.05) is 0 Å². The van der Waals surface area contributed by atoms with E-state index >= 15 is 0 Å². The fourth-order valence-electron chi connectivity index (χ4n) is 1.34. The molecule has 0 unspecified atom stereocenters. The number of carbonyl (C=O) groups is 2. The first kappa shape index (κ1) is 15.0. The first-order valence-corrected chi connectivity index (χ1v) is 6.07. The van der Waals surface area contributed by atoms with Crippen molar-refractivity contribution in [2.75, 3.05) is 19.8 Å². The van der Waals surface area contributed by atoms with Crippen LogP contribution >= 0.6 is 15.9 Å². The molecule has 0 radical (unpaired) electrons. The van der Waals surface area contributed by atoms with Crippen molar-refractivity contribution in [2.45, 2.75) is 0 Å². The van der Waals surface area contributed by atoms with E-state index < -0.39 is 5.97 Å². The fourth-order valence-corrected chi connectivity index (χ4v) is 1.93. The minimum absolute atomic E-state index is 0.159. The number of fused-ring (bicyclic) bond motifs is 1. The van der Waals surface area contributed by atoms with Crippen molar-refractivity contribution in [3.63, 3.8) is 0 Å². The summed E-state index contributed by atoms with van der Waals surface area (Å²) in [4.78, 5) is 24.4. The smallest absolute Gasteiger partial charge is 0.352 e. The standard InChI is InChI=1S/C9H7BrN2O2.C3H7NO/c10-6-3-5(11)1-4-2-7(9(13)14)12-8(4)6;1-4(2)3-5/h1-3,12H,11H2,(H,13,14);3H,1-2H3. The third kappa shape index (κ3) is 3.99. The maximum atomic E-state index is 10.7. The van der Waals surface area contributed by atoms with Crippen molar-refractivity contribution in [3.8, 4) is 0 Å². The van der Waals surface area contributed by atoms with E-state index in [0.717, 1.165) is 21.8 Å². The number of benzene rings is 1. The predicted octanol–water partition coefficient (Wildman–Crippen LogP) is 1.92. The van der Waals surface area contributed by atoms with E-state index in [1.807, 2.05) is 0 Å². The molecule has 0 fully saturated rings. The number of aromatic nitrogens is 1. The van der Waals surface area contributed by atoms with Gasteiger partial charge < -0.3 is 20.7 Å². The fraction of sp³-hybridized carbons (Fsp3) is 0.167. The van der Waals surface area contributed by atoms with Gasteiger partial charge in [0.05, 0.1) is 5.52 Å². The number of amides is 1. The zero-order valence-electron chi connectivity index (χ0n) is 10.5. The van der Waals surface area contributed by atoms with Crippen molar-refractivity contribution in [1.82, 2.24) is 9.88 Å². The molecular weight excluding hydrogens is 314 g/mol. The molecule has 6 nitrogen and oxygen atoms in total. The van der Waals surface area contributed by atoms with E-state index in [4.69, 9.17) is 10.8 Å². The second-order valence-electron chi connectivity index (χ2n) is 4.02. The summed E-state index contributed by atoms with van der Waals surface area (Å²) in [6.45, 7) is 0. The summed E-state index contributed by atoms with van der Waals surface area (Å²) >= 11 is 3.31. The first-order chi connectivity index (χ1) is 8.85. The van der Waals surface area contributed by atoms with Crippen LogP contribution in [0.2, 0.25) is 0 Å². The van der Waals surface area contributed by atoms with Gasteiger partial charge in [-0.2, -0.15) is 0 Å². The number of carbonyl (C=O) groups excluding carboxylic acids is 1. The van der Waals surface area contributed by atoms with Crippen molar-refractivity contribution < 1.29 is 14.7 Å². The van der Waals surface area contributed by atoms with E-state index in [2.05, 4.69) is 20.9 Å². The van der Waals surface area contributed by atoms with Crippen LogP contribution in [0.15, 0.2) is 22.7 Å². The Balaban J connectivity index is 0.000000312. The van der Waals surface area contributed by atoms with Crippen LogP contribution in [0.25, 0.3) is 10.9 Å². The molecule has 2 aromatic rings. The molecule has 19 heavy (non-hydrogen) atoms. The average molecular weight is 328 g/mol. The summed E-state index contributed by atoms with van der Waals surface area (Å²) in [6.07, 6.45) is 0.750. The van der Waals surface area contributed by atoms with E-state index in [-0.39, 0.29) is 5.69 Å². The Kier molecular flexibility index (Phi) is 4.94. The van der Waals surface area contributed by atoms with Crippen LogP contribution in [0.5, 0.6) is 0 Å². The molecule has 0 bridgehead atoms. The Hall–Kier alpha value is -2.02. The minimum atomic E-state index is -0.980. The van der Waals surface area contributed by atoms with Gasteiger partial charge in [0.25, 0.3) is 0 Å². The average Bonchev–Trinajstić information content (AvgIpc) is 2.74. The number of halogens is 1. The van der Waals surface area contributed by atoms with Gasteiger partial charge >= 0.3 is 5.97 Å². The largest absolute Gasteiger partial charge is 0.477 e. The molecule has 1 heterocycles. The monoisotopic (exact) mass is 327 g/mol. The number of nitrogens with one attached hydrogen (secondary N) is 1. The molecule has 4 N–H and O–H groups in total. The second-order valence-corrected chi connectivity index (χ2v) is 4.88. The quantitative estimate of drug-likeness (QED) is 0.579. The third-order valence-corrected chi connectivity index (χ3v) is 2.77. The molecule has 0 aliphatic rings. The molecule has 0 aliphatic carbocycles.